The van der Waals surface area contributed by atoms with E-state index in [-0.39, 0.29) is 23.8 Å². The molecule has 5 heteroatoms. The van der Waals surface area contributed by atoms with Crippen LogP contribution in [-0.4, -0.2) is 11.8 Å². The maximum atomic E-state index is 11.9. The Hall–Kier alpha value is -1.88. The molecule has 0 radical (unpaired) electrons. The van der Waals surface area contributed by atoms with Crippen LogP contribution in [0.15, 0.2) is 18.2 Å². The first kappa shape index (κ1) is 11.2. The van der Waals surface area contributed by atoms with Crippen LogP contribution >= 0.6 is 0 Å². The summed E-state index contributed by atoms with van der Waals surface area (Å²) in [5, 5.41) is 5.74. The molecular weight excluding hydrogens is 230 g/mol. The number of nitrogens with two attached hydrogens (primary N) is 1. The van der Waals surface area contributed by atoms with Crippen molar-refractivity contribution >= 4 is 17.5 Å². The monoisotopic (exact) mass is 245 g/mol. The summed E-state index contributed by atoms with van der Waals surface area (Å²) in [7, 11) is 0. The van der Waals surface area contributed by atoms with Crippen molar-refractivity contribution in [3.63, 3.8) is 0 Å². The van der Waals surface area contributed by atoms with Gasteiger partial charge in [0.1, 0.15) is 0 Å². The number of nitrogens with one attached hydrogen (secondary N) is 2. The molecule has 0 saturated carbocycles. The average Bonchev–Trinajstić information content (AvgIpc) is 2.72. The Morgan fingerprint density at radius 3 is 2.89 bits per heavy atom. The van der Waals surface area contributed by atoms with Gasteiger partial charge in [-0.1, -0.05) is 6.07 Å². The molecule has 1 fully saturated rings. The molecule has 2 aliphatic rings. The highest BCUT2D eigenvalue weighted by Gasteiger charge is 2.37. The van der Waals surface area contributed by atoms with Crippen molar-refractivity contribution in [3.05, 3.63) is 29.3 Å². The zero-order valence-electron chi connectivity index (χ0n) is 9.90. The van der Waals surface area contributed by atoms with E-state index in [4.69, 9.17) is 5.73 Å². The van der Waals surface area contributed by atoms with Gasteiger partial charge >= 0.3 is 0 Å². The lowest BCUT2D eigenvalue weighted by atomic mass is 9.86. The van der Waals surface area contributed by atoms with Crippen molar-refractivity contribution < 1.29 is 9.59 Å². The molecule has 3 rings (SSSR count). The van der Waals surface area contributed by atoms with E-state index in [0.29, 0.717) is 18.5 Å². The van der Waals surface area contributed by atoms with Crippen molar-refractivity contribution in [3.8, 4) is 0 Å². The maximum Gasteiger partial charge on any atom is 0.231 e. The van der Waals surface area contributed by atoms with Gasteiger partial charge in [-0.05, 0) is 29.7 Å². The quantitative estimate of drug-likeness (QED) is 0.496. The van der Waals surface area contributed by atoms with Gasteiger partial charge in [0.15, 0.2) is 0 Å². The van der Waals surface area contributed by atoms with E-state index >= 15 is 0 Å². The summed E-state index contributed by atoms with van der Waals surface area (Å²) in [5.74, 6) is -0.549. The van der Waals surface area contributed by atoms with Crippen molar-refractivity contribution in [1.29, 1.82) is 0 Å². The highest BCUT2D eigenvalue weighted by atomic mass is 16.2. The van der Waals surface area contributed by atoms with Crippen LogP contribution in [0.25, 0.3) is 0 Å². The number of amides is 2. The highest BCUT2D eigenvalue weighted by Crippen LogP contribution is 2.35. The van der Waals surface area contributed by atoms with Gasteiger partial charge in [-0.15, -0.1) is 0 Å². The fourth-order valence-electron chi connectivity index (χ4n) is 2.78. The number of hydrogen-bond donors (Lipinski definition) is 3. The number of imide groups is 1. The number of carbonyl (C=O) groups excluding carboxylic acids is 2. The molecule has 2 unspecified atom stereocenters. The van der Waals surface area contributed by atoms with Crippen molar-refractivity contribution in [2.45, 2.75) is 25.4 Å². The Balaban J connectivity index is 1.90. The number of anilines is 1. The second-order valence-corrected chi connectivity index (χ2v) is 4.87. The predicted octanol–water partition coefficient (Wildman–Crippen LogP) is 0.466. The third-order valence-electron chi connectivity index (χ3n) is 3.70. The average molecular weight is 245 g/mol. The SMILES string of the molecule is Nc1ccc2c(c1)C(C1CCC(=O)NC1=O)NC2. The smallest absolute Gasteiger partial charge is 0.231 e. The normalized spacial score (nSPS) is 26.9. The molecular formula is C13H15N3O2. The standard InChI is InChI=1S/C13H15N3O2/c14-8-2-1-7-6-15-12(10(7)5-8)9-3-4-11(17)16-13(9)18/h1-2,5,9,12,15H,3-4,6,14H2,(H,16,17,18). The fourth-order valence-corrected chi connectivity index (χ4v) is 2.78. The Morgan fingerprint density at radius 2 is 2.11 bits per heavy atom. The molecule has 2 atom stereocenters. The minimum absolute atomic E-state index is 0.0309. The zero-order valence-corrected chi connectivity index (χ0v) is 9.90. The highest BCUT2D eigenvalue weighted by molar-refractivity contribution is 5.99. The predicted molar refractivity (Wildman–Crippen MR) is 66.3 cm³/mol. The van der Waals surface area contributed by atoms with E-state index in [9.17, 15) is 9.59 Å². The molecule has 1 saturated heterocycles. The minimum Gasteiger partial charge on any atom is -0.399 e. The molecule has 1 aromatic carbocycles. The number of rotatable bonds is 1. The van der Waals surface area contributed by atoms with Crippen LogP contribution in [0.3, 0.4) is 0 Å². The summed E-state index contributed by atoms with van der Waals surface area (Å²) >= 11 is 0. The van der Waals surface area contributed by atoms with Crippen LogP contribution in [0.5, 0.6) is 0 Å². The van der Waals surface area contributed by atoms with Crippen molar-refractivity contribution in [1.82, 2.24) is 10.6 Å². The molecule has 2 aliphatic heterocycles. The first-order chi connectivity index (χ1) is 8.65. The third kappa shape index (κ3) is 1.76. The molecule has 2 amide bonds. The van der Waals surface area contributed by atoms with Gasteiger partial charge < -0.3 is 11.1 Å². The van der Waals surface area contributed by atoms with Crippen LogP contribution in [0, 0.1) is 5.92 Å². The summed E-state index contributed by atoms with van der Waals surface area (Å²) in [6, 6.07) is 5.75. The van der Waals surface area contributed by atoms with Gasteiger partial charge in [0.25, 0.3) is 0 Å². The number of carbonyl (C=O) groups is 2. The molecule has 4 N–H and O–H groups in total. The Labute approximate surface area is 105 Å². The van der Waals surface area contributed by atoms with Crippen LogP contribution in [0.4, 0.5) is 5.69 Å². The molecule has 0 bridgehead atoms. The lowest BCUT2D eigenvalue weighted by molar-refractivity contribution is -0.137. The topological polar surface area (TPSA) is 84.2 Å². The second kappa shape index (κ2) is 4.10. The molecule has 94 valence electrons. The van der Waals surface area contributed by atoms with E-state index in [1.54, 1.807) is 0 Å². The van der Waals surface area contributed by atoms with Crippen LogP contribution < -0.4 is 16.4 Å². The Kier molecular flexibility index (Phi) is 2.56. The number of nitrogen functional groups attached to an aromatic ring is 1. The van der Waals surface area contributed by atoms with Crippen molar-refractivity contribution in [2.24, 2.45) is 5.92 Å². The number of fused-ring (bicyclic) bond motifs is 1. The van der Waals surface area contributed by atoms with Gasteiger partial charge in [0.05, 0.1) is 5.92 Å². The van der Waals surface area contributed by atoms with Gasteiger partial charge in [0, 0.05) is 24.7 Å². The Bertz CT molecular complexity index is 527. The molecule has 5 nitrogen and oxygen atoms in total. The molecule has 1 aromatic rings. The second-order valence-electron chi connectivity index (χ2n) is 4.87. The zero-order chi connectivity index (χ0) is 12.7. The summed E-state index contributed by atoms with van der Waals surface area (Å²) < 4.78 is 0. The Morgan fingerprint density at radius 1 is 1.28 bits per heavy atom. The number of piperidine rings is 1. The van der Waals surface area contributed by atoms with E-state index in [2.05, 4.69) is 10.6 Å². The largest absolute Gasteiger partial charge is 0.399 e. The molecule has 0 aliphatic carbocycles. The van der Waals surface area contributed by atoms with E-state index < -0.39 is 0 Å². The molecule has 0 spiro atoms. The van der Waals surface area contributed by atoms with Gasteiger partial charge in [-0.2, -0.15) is 0 Å². The summed E-state index contributed by atoms with van der Waals surface area (Å²) in [6.07, 6.45) is 1.00. The summed E-state index contributed by atoms with van der Waals surface area (Å²) in [4.78, 5) is 23.0. The maximum absolute atomic E-state index is 11.9. The number of hydrogen-bond acceptors (Lipinski definition) is 4. The lowest BCUT2D eigenvalue weighted by Crippen LogP contribution is -2.44. The van der Waals surface area contributed by atoms with Gasteiger partial charge in [-0.3, -0.25) is 14.9 Å². The lowest BCUT2D eigenvalue weighted by Gasteiger charge is -2.26. The van der Waals surface area contributed by atoms with Crippen molar-refractivity contribution in [2.75, 3.05) is 5.73 Å². The third-order valence-corrected chi connectivity index (χ3v) is 3.70. The van der Waals surface area contributed by atoms with Gasteiger partial charge in [-0.25, -0.2) is 0 Å². The van der Waals surface area contributed by atoms with Gasteiger partial charge in [0.2, 0.25) is 11.8 Å². The summed E-state index contributed by atoms with van der Waals surface area (Å²) in [6.45, 7) is 0.748. The minimum atomic E-state index is -0.189. The first-order valence-corrected chi connectivity index (χ1v) is 6.10. The molecule has 18 heavy (non-hydrogen) atoms. The van der Waals surface area contributed by atoms with Crippen LogP contribution in [-0.2, 0) is 16.1 Å². The molecule has 0 aromatic heterocycles. The fraction of sp³-hybridized carbons (Fsp3) is 0.385. The van der Waals surface area contributed by atoms with E-state index in [1.165, 1.54) is 5.56 Å². The van der Waals surface area contributed by atoms with E-state index in [0.717, 1.165) is 12.1 Å². The first-order valence-electron chi connectivity index (χ1n) is 6.10. The van der Waals surface area contributed by atoms with Crippen LogP contribution in [0.1, 0.15) is 30.0 Å². The number of benzene rings is 1. The summed E-state index contributed by atoms with van der Waals surface area (Å²) in [5.41, 5.74) is 8.77. The van der Waals surface area contributed by atoms with E-state index in [1.807, 2.05) is 18.2 Å². The van der Waals surface area contributed by atoms with Crippen LogP contribution in [0.2, 0.25) is 0 Å². The molecule has 2 heterocycles.